The molecule has 0 radical (unpaired) electrons. The second kappa shape index (κ2) is 6.76. The average Bonchev–Trinajstić information content (AvgIpc) is 3.00. The van der Waals surface area contributed by atoms with Crippen LogP contribution in [0.15, 0.2) is 6.20 Å². The molecule has 3 heterocycles. The number of aliphatic hydroxyl groups is 1. The van der Waals surface area contributed by atoms with Gasteiger partial charge in [-0.05, 0) is 63.5 Å². The van der Waals surface area contributed by atoms with Gasteiger partial charge in [-0.1, -0.05) is 0 Å². The molecule has 1 aliphatic carbocycles. The minimum Gasteiger partial charge on any atom is -0.393 e. The molecule has 2 aliphatic rings. The van der Waals surface area contributed by atoms with Crippen molar-refractivity contribution in [1.29, 1.82) is 0 Å². The molecule has 1 saturated carbocycles. The van der Waals surface area contributed by atoms with E-state index in [1.807, 2.05) is 0 Å². The van der Waals surface area contributed by atoms with Crippen LogP contribution in [0.2, 0.25) is 0 Å². The predicted molar refractivity (Wildman–Crippen MR) is 90.4 cm³/mol. The van der Waals surface area contributed by atoms with Crippen molar-refractivity contribution in [2.75, 3.05) is 13.1 Å². The fourth-order valence-corrected chi connectivity index (χ4v) is 4.21. The van der Waals surface area contributed by atoms with Crippen LogP contribution >= 0.6 is 0 Å². The summed E-state index contributed by atoms with van der Waals surface area (Å²) in [5.74, 6) is 1.44. The lowest BCUT2D eigenvalue weighted by Crippen LogP contribution is -2.27. The fraction of sp³-hybridized carbons (Fsp3) is 0.667. The first-order chi connectivity index (χ1) is 11.7. The maximum absolute atomic E-state index is 14.5. The van der Waals surface area contributed by atoms with E-state index < -0.39 is 0 Å². The van der Waals surface area contributed by atoms with Crippen LogP contribution in [-0.2, 0) is 6.42 Å². The Balaban J connectivity index is 1.60. The highest BCUT2D eigenvalue weighted by molar-refractivity contribution is 5.75. The van der Waals surface area contributed by atoms with Crippen molar-refractivity contribution >= 4 is 11.2 Å². The van der Waals surface area contributed by atoms with Gasteiger partial charge in [0, 0.05) is 12.0 Å². The highest BCUT2D eigenvalue weighted by Crippen LogP contribution is 2.33. The van der Waals surface area contributed by atoms with Crippen molar-refractivity contribution in [3.05, 3.63) is 23.4 Å². The van der Waals surface area contributed by atoms with E-state index in [4.69, 9.17) is 4.98 Å². The number of H-pyrrole nitrogens is 1. The molecule has 0 bridgehead atoms. The molecule has 0 spiro atoms. The number of nitrogens with zero attached hydrogens (tertiary/aromatic N) is 2. The molecule has 1 aliphatic heterocycles. The van der Waals surface area contributed by atoms with E-state index in [9.17, 15) is 9.50 Å². The van der Waals surface area contributed by atoms with E-state index >= 15 is 0 Å². The van der Waals surface area contributed by atoms with Gasteiger partial charge in [0.2, 0.25) is 0 Å². The third-order valence-corrected chi connectivity index (χ3v) is 5.60. The number of aromatic amines is 1. The van der Waals surface area contributed by atoms with E-state index in [0.717, 1.165) is 69.4 Å². The van der Waals surface area contributed by atoms with Gasteiger partial charge in [0.25, 0.3) is 0 Å². The number of aliphatic hydroxyl groups excluding tert-OH is 1. The van der Waals surface area contributed by atoms with Crippen LogP contribution in [0, 0.1) is 11.7 Å². The van der Waals surface area contributed by atoms with Gasteiger partial charge < -0.3 is 15.4 Å². The van der Waals surface area contributed by atoms with Crippen molar-refractivity contribution < 1.29 is 9.50 Å². The van der Waals surface area contributed by atoms with Crippen LogP contribution < -0.4 is 5.32 Å². The summed E-state index contributed by atoms with van der Waals surface area (Å²) in [6.07, 6.45) is 7.74. The molecule has 0 unspecified atom stereocenters. The van der Waals surface area contributed by atoms with Crippen LogP contribution in [0.1, 0.15) is 55.8 Å². The first-order valence-electron chi connectivity index (χ1n) is 9.12. The van der Waals surface area contributed by atoms with Gasteiger partial charge in [-0.25, -0.2) is 14.4 Å². The molecule has 4 rings (SSSR count). The topological polar surface area (TPSA) is 73.8 Å². The number of rotatable bonds is 3. The number of piperidine rings is 1. The zero-order chi connectivity index (χ0) is 16.5. The van der Waals surface area contributed by atoms with E-state index in [1.54, 1.807) is 0 Å². The zero-order valence-electron chi connectivity index (χ0n) is 13.9. The Kier molecular flexibility index (Phi) is 4.50. The largest absolute Gasteiger partial charge is 0.393 e. The molecule has 130 valence electrons. The third-order valence-electron chi connectivity index (χ3n) is 5.60. The SMILES string of the molecule is OC1CCC(Cc2nc3c(C4CCNCC4)c(F)cnc3[nH]2)CC1. The summed E-state index contributed by atoms with van der Waals surface area (Å²) in [5.41, 5.74) is 2.16. The lowest BCUT2D eigenvalue weighted by molar-refractivity contribution is 0.108. The Morgan fingerprint density at radius 2 is 1.88 bits per heavy atom. The number of hydrogen-bond acceptors (Lipinski definition) is 4. The van der Waals surface area contributed by atoms with E-state index in [1.165, 1.54) is 6.20 Å². The minimum absolute atomic E-state index is 0.140. The molecular weight excluding hydrogens is 307 g/mol. The molecule has 0 aromatic carbocycles. The van der Waals surface area contributed by atoms with Gasteiger partial charge >= 0.3 is 0 Å². The summed E-state index contributed by atoms with van der Waals surface area (Å²) in [6.45, 7) is 1.85. The van der Waals surface area contributed by atoms with Crippen LogP contribution in [0.4, 0.5) is 4.39 Å². The van der Waals surface area contributed by atoms with Crippen molar-refractivity contribution in [1.82, 2.24) is 20.3 Å². The average molecular weight is 332 g/mol. The van der Waals surface area contributed by atoms with Crippen molar-refractivity contribution in [2.45, 2.75) is 57.0 Å². The Morgan fingerprint density at radius 3 is 2.62 bits per heavy atom. The molecule has 6 heteroatoms. The second-order valence-corrected chi connectivity index (χ2v) is 7.30. The maximum Gasteiger partial charge on any atom is 0.157 e. The summed E-state index contributed by atoms with van der Waals surface area (Å²) in [5, 5.41) is 13.0. The number of fused-ring (bicyclic) bond motifs is 1. The van der Waals surface area contributed by atoms with E-state index in [0.29, 0.717) is 17.1 Å². The number of hydrogen-bond donors (Lipinski definition) is 3. The van der Waals surface area contributed by atoms with Crippen LogP contribution in [0.25, 0.3) is 11.2 Å². The number of imidazole rings is 1. The summed E-state index contributed by atoms with van der Waals surface area (Å²) in [6, 6.07) is 0. The Hall–Kier alpha value is -1.53. The van der Waals surface area contributed by atoms with Gasteiger partial charge in [-0.2, -0.15) is 0 Å². The highest BCUT2D eigenvalue weighted by atomic mass is 19.1. The number of aromatic nitrogens is 3. The summed E-state index contributed by atoms with van der Waals surface area (Å²) in [7, 11) is 0. The first kappa shape index (κ1) is 16.0. The van der Waals surface area contributed by atoms with Crippen LogP contribution in [0.3, 0.4) is 0 Å². The minimum atomic E-state index is -0.228. The van der Waals surface area contributed by atoms with Gasteiger partial charge in [0.05, 0.1) is 12.3 Å². The molecule has 1 saturated heterocycles. The molecule has 0 amide bonds. The van der Waals surface area contributed by atoms with Gasteiger partial charge in [0.15, 0.2) is 5.65 Å². The molecule has 3 N–H and O–H groups in total. The van der Waals surface area contributed by atoms with E-state index in [2.05, 4.69) is 15.3 Å². The first-order valence-corrected chi connectivity index (χ1v) is 9.12. The normalized spacial score (nSPS) is 26.1. The summed E-state index contributed by atoms with van der Waals surface area (Å²) in [4.78, 5) is 12.2. The molecule has 24 heavy (non-hydrogen) atoms. The van der Waals surface area contributed by atoms with Crippen LogP contribution in [0.5, 0.6) is 0 Å². The highest BCUT2D eigenvalue weighted by Gasteiger charge is 2.25. The van der Waals surface area contributed by atoms with E-state index in [-0.39, 0.29) is 17.8 Å². The zero-order valence-corrected chi connectivity index (χ0v) is 13.9. The fourth-order valence-electron chi connectivity index (χ4n) is 4.21. The quantitative estimate of drug-likeness (QED) is 0.808. The molecule has 2 aromatic rings. The lowest BCUT2D eigenvalue weighted by atomic mass is 9.85. The van der Waals surface area contributed by atoms with Gasteiger partial charge in [-0.15, -0.1) is 0 Å². The Morgan fingerprint density at radius 1 is 1.12 bits per heavy atom. The van der Waals surface area contributed by atoms with Crippen molar-refractivity contribution in [2.24, 2.45) is 5.92 Å². The van der Waals surface area contributed by atoms with Crippen molar-refractivity contribution in [3.63, 3.8) is 0 Å². The predicted octanol–water partition coefficient (Wildman–Crippen LogP) is 2.66. The lowest BCUT2D eigenvalue weighted by Gasteiger charge is -2.24. The second-order valence-electron chi connectivity index (χ2n) is 7.30. The van der Waals surface area contributed by atoms with Crippen molar-refractivity contribution in [3.8, 4) is 0 Å². The third kappa shape index (κ3) is 3.17. The van der Waals surface area contributed by atoms with Gasteiger partial charge in [-0.3, -0.25) is 0 Å². The summed E-state index contributed by atoms with van der Waals surface area (Å²) < 4.78 is 14.5. The molecule has 0 atom stereocenters. The number of pyridine rings is 1. The number of halogens is 1. The molecular formula is C18H25FN4O. The Bertz CT molecular complexity index is 702. The van der Waals surface area contributed by atoms with Gasteiger partial charge in [0.1, 0.15) is 17.2 Å². The molecule has 2 fully saturated rings. The smallest absolute Gasteiger partial charge is 0.157 e. The summed E-state index contributed by atoms with van der Waals surface area (Å²) >= 11 is 0. The molecule has 2 aromatic heterocycles. The Labute approximate surface area is 141 Å². The number of nitrogens with one attached hydrogen (secondary N) is 2. The maximum atomic E-state index is 14.5. The standard InChI is InChI=1S/C18H25FN4O/c19-14-10-21-18-17(16(14)12-5-7-20-8-6-12)22-15(23-18)9-11-1-3-13(24)4-2-11/h10-13,20,24H,1-9H2,(H,21,22,23). The van der Waals surface area contributed by atoms with Crippen LogP contribution in [-0.4, -0.2) is 39.3 Å². The monoisotopic (exact) mass is 332 g/mol. The molecule has 5 nitrogen and oxygen atoms in total.